The number of rotatable bonds is 6. The SMILES string of the molecule is COc1ccccc1CC[n+]1noc(NC(C)=O)c1C(C)O. The number of aliphatic hydroxyl groups excluding tert-OH is 1. The van der Waals surface area contributed by atoms with E-state index >= 15 is 0 Å². The Labute approximate surface area is 128 Å². The first-order chi connectivity index (χ1) is 10.5. The zero-order valence-corrected chi connectivity index (χ0v) is 12.9. The van der Waals surface area contributed by atoms with Crippen molar-refractivity contribution >= 4 is 11.8 Å². The standard InChI is InChI=1S/C15H19N3O4/c1-10(19)14-15(16-11(2)20)22-17-18(14)9-8-12-6-4-5-7-13(12)21-3/h4-7,10,19H,8-9H2,1-3H3/p+1. The monoisotopic (exact) mass is 306 g/mol. The van der Waals surface area contributed by atoms with Gasteiger partial charge in [-0.25, -0.2) is 0 Å². The summed E-state index contributed by atoms with van der Waals surface area (Å²) in [5.74, 6) is 0.685. The third-order valence-corrected chi connectivity index (χ3v) is 3.21. The van der Waals surface area contributed by atoms with Crippen LogP contribution in [0.2, 0.25) is 0 Å². The number of para-hydroxylation sites is 1. The fourth-order valence-electron chi connectivity index (χ4n) is 2.25. The molecule has 0 radical (unpaired) electrons. The van der Waals surface area contributed by atoms with E-state index in [0.29, 0.717) is 18.7 Å². The topological polar surface area (TPSA) is 88.5 Å². The number of hydrogen-bond acceptors (Lipinski definition) is 5. The van der Waals surface area contributed by atoms with Crippen molar-refractivity contribution in [3.05, 3.63) is 35.5 Å². The second-order valence-electron chi connectivity index (χ2n) is 4.93. The number of amides is 1. The molecule has 1 aromatic heterocycles. The quantitative estimate of drug-likeness (QED) is 0.784. The molecule has 0 bridgehead atoms. The van der Waals surface area contributed by atoms with E-state index < -0.39 is 6.10 Å². The minimum absolute atomic E-state index is 0.169. The number of hydrogen-bond donors (Lipinski definition) is 2. The van der Waals surface area contributed by atoms with Crippen LogP contribution in [0.25, 0.3) is 0 Å². The Hall–Kier alpha value is -2.41. The van der Waals surface area contributed by atoms with Crippen molar-refractivity contribution in [1.82, 2.24) is 5.27 Å². The number of aromatic nitrogens is 2. The molecule has 0 spiro atoms. The number of nitrogens with zero attached hydrogens (tertiary/aromatic N) is 2. The molecule has 2 aromatic rings. The zero-order valence-electron chi connectivity index (χ0n) is 12.9. The summed E-state index contributed by atoms with van der Waals surface area (Å²) in [7, 11) is 1.62. The van der Waals surface area contributed by atoms with Gasteiger partial charge in [0, 0.05) is 18.9 Å². The van der Waals surface area contributed by atoms with Crippen molar-refractivity contribution < 1.29 is 23.8 Å². The lowest BCUT2D eigenvalue weighted by atomic mass is 10.1. The van der Waals surface area contributed by atoms with E-state index in [1.807, 2.05) is 24.3 Å². The third kappa shape index (κ3) is 3.62. The largest absolute Gasteiger partial charge is 0.496 e. The van der Waals surface area contributed by atoms with Gasteiger partial charge >= 0.3 is 11.6 Å². The van der Waals surface area contributed by atoms with Gasteiger partial charge in [-0.1, -0.05) is 18.2 Å². The molecule has 1 heterocycles. The fraction of sp³-hybridized carbons (Fsp3) is 0.400. The van der Waals surface area contributed by atoms with Crippen LogP contribution in [0.1, 0.15) is 31.2 Å². The molecule has 0 fully saturated rings. The molecule has 7 nitrogen and oxygen atoms in total. The maximum atomic E-state index is 11.2. The molecule has 1 atom stereocenters. The molecule has 118 valence electrons. The molecular formula is C15H20N3O4+. The second kappa shape index (κ2) is 7.04. The first-order valence-corrected chi connectivity index (χ1v) is 7.00. The van der Waals surface area contributed by atoms with Crippen LogP contribution in [0, 0.1) is 0 Å². The van der Waals surface area contributed by atoms with Crippen LogP contribution in [-0.2, 0) is 17.8 Å². The van der Waals surface area contributed by atoms with Gasteiger partial charge in [0.2, 0.25) is 11.2 Å². The van der Waals surface area contributed by atoms with Crippen molar-refractivity contribution in [2.45, 2.75) is 32.9 Å². The molecule has 22 heavy (non-hydrogen) atoms. The Balaban J connectivity index is 2.19. The first-order valence-electron chi connectivity index (χ1n) is 7.00. The van der Waals surface area contributed by atoms with Gasteiger partial charge in [-0.3, -0.25) is 14.6 Å². The first kappa shape index (κ1) is 16.0. The summed E-state index contributed by atoms with van der Waals surface area (Å²) >= 11 is 0. The Bertz CT molecular complexity index is 652. The second-order valence-corrected chi connectivity index (χ2v) is 4.93. The number of aryl methyl sites for hydroxylation is 2. The van der Waals surface area contributed by atoms with E-state index in [9.17, 15) is 9.90 Å². The summed E-state index contributed by atoms with van der Waals surface area (Å²) < 4.78 is 12.0. The van der Waals surface area contributed by atoms with Gasteiger partial charge in [-0.15, -0.1) is 0 Å². The van der Waals surface area contributed by atoms with Crippen LogP contribution >= 0.6 is 0 Å². The zero-order chi connectivity index (χ0) is 16.1. The van der Waals surface area contributed by atoms with Gasteiger partial charge in [0.1, 0.15) is 11.9 Å². The molecule has 1 aromatic carbocycles. The minimum atomic E-state index is -0.814. The number of ether oxygens (including phenoxy) is 1. The lowest BCUT2D eigenvalue weighted by Gasteiger charge is -2.05. The molecule has 1 unspecified atom stereocenters. The van der Waals surface area contributed by atoms with Gasteiger partial charge < -0.3 is 9.84 Å². The highest BCUT2D eigenvalue weighted by Gasteiger charge is 2.29. The van der Waals surface area contributed by atoms with Crippen molar-refractivity contribution in [3.8, 4) is 5.75 Å². The summed E-state index contributed by atoms with van der Waals surface area (Å²) in [6.45, 7) is 3.45. The number of methoxy groups -OCH3 is 1. The van der Waals surface area contributed by atoms with Crippen molar-refractivity contribution in [2.24, 2.45) is 0 Å². The third-order valence-electron chi connectivity index (χ3n) is 3.21. The Kier molecular flexibility index (Phi) is 5.11. The van der Waals surface area contributed by atoms with E-state index in [1.54, 1.807) is 18.7 Å². The molecule has 2 rings (SSSR count). The Morgan fingerprint density at radius 2 is 2.23 bits per heavy atom. The molecule has 0 aliphatic heterocycles. The van der Waals surface area contributed by atoms with Crippen LogP contribution < -0.4 is 14.7 Å². The van der Waals surface area contributed by atoms with Gasteiger partial charge in [0.15, 0.2) is 6.54 Å². The lowest BCUT2D eigenvalue weighted by molar-refractivity contribution is -0.770. The molecular weight excluding hydrogens is 286 g/mol. The summed E-state index contributed by atoms with van der Waals surface area (Å²) in [4.78, 5) is 11.2. The molecule has 0 saturated heterocycles. The van der Waals surface area contributed by atoms with E-state index in [1.165, 1.54) is 6.92 Å². The van der Waals surface area contributed by atoms with Gasteiger partial charge in [-0.2, -0.15) is 0 Å². The summed E-state index contributed by atoms with van der Waals surface area (Å²) in [6, 6.07) is 7.70. The Morgan fingerprint density at radius 3 is 2.86 bits per heavy atom. The fourth-order valence-corrected chi connectivity index (χ4v) is 2.25. The number of anilines is 1. The van der Waals surface area contributed by atoms with E-state index in [2.05, 4.69) is 10.6 Å². The average molecular weight is 306 g/mol. The highest BCUT2D eigenvalue weighted by Crippen LogP contribution is 2.20. The number of nitrogens with one attached hydrogen (secondary N) is 1. The molecule has 0 saturated carbocycles. The van der Waals surface area contributed by atoms with Crippen molar-refractivity contribution in [2.75, 3.05) is 12.4 Å². The highest BCUT2D eigenvalue weighted by atomic mass is 16.5. The average Bonchev–Trinajstić information content (AvgIpc) is 2.87. The predicted octanol–water partition coefficient (Wildman–Crippen LogP) is 1.23. The maximum absolute atomic E-state index is 11.2. The van der Waals surface area contributed by atoms with E-state index in [-0.39, 0.29) is 11.8 Å². The maximum Gasteiger partial charge on any atom is 0.308 e. The molecule has 0 aliphatic carbocycles. The van der Waals surface area contributed by atoms with E-state index in [4.69, 9.17) is 9.26 Å². The van der Waals surface area contributed by atoms with Crippen LogP contribution in [0.5, 0.6) is 5.75 Å². The number of benzene rings is 1. The smallest absolute Gasteiger partial charge is 0.308 e. The van der Waals surface area contributed by atoms with Crippen LogP contribution in [0.4, 0.5) is 5.88 Å². The van der Waals surface area contributed by atoms with Crippen molar-refractivity contribution in [3.63, 3.8) is 0 Å². The molecule has 2 N–H and O–H groups in total. The summed E-state index contributed by atoms with van der Waals surface area (Å²) in [5, 5.41) is 16.3. The van der Waals surface area contributed by atoms with Crippen molar-refractivity contribution in [1.29, 1.82) is 0 Å². The molecule has 1 amide bonds. The normalized spacial score (nSPS) is 12.0. The summed E-state index contributed by atoms with van der Waals surface area (Å²) in [6.07, 6.45) is -0.161. The van der Waals surface area contributed by atoms with Crippen LogP contribution in [-0.4, -0.2) is 23.4 Å². The van der Waals surface area contributed by atoms with Crippen LogP contribution in [0.15, 0.2) is 28.8 Å². The Morgan fingerprint density at radius 1 is 1.50 bits per heavy atom. The molecule has 7 heteroatoms. The lowest BCUT2D eigenvalue weighted by Crippen LogP contribution is -2.41. The number of aliphatic hydroxyl groups is 1. The van der Waals surface area contributed by atoms with Gasteiger partial charge in [0.05, 0.1) is 7.11 Å². The minimum Gasteiger partial charge on any atom is -0.496 e. The number of carbonyl (C=O) groups excluding carboxylic acids is 1. The van der Waals surface area contributed by atoms with E-state index in [0.717, 1.165) is 11.3 Å². The van der Waals surface area contributed by atoms with Gasteiger partial charge in [-0.05, 0) is 17.7 Å². The highest BCUT2D eigenvalue weighted by molar-refractivity contribution is 5.87. The predicted molar refractivity (Wildman–Crippen MR) is 78.3 cm³/mol. The molecule has 0 aliphatic rings. The number of carbonyl (C=O) groups is 1. The van der Waals surface area contributed by atoms with Crippen LogP contribution in [0.3, 0.4) is 0 Å². The van der Waals surface area contributed by atoms with Gasteiger partial charge in [0.25, 0.3) is 0 Å². The summed E-state index contributed by atoms with van der Waals surface area (Å²) in [5.41, 5.74) is 1.46.